The third kappa shape index (κ3) is 8.27. The summed E-state index contributed by atoms with van der Waals surface area (Å²) >= 11 is 0. The number of benzene rings is 6. The Morgan fingerprint density at radius 2 is 0.673 bits per heavy atom. The summed E-state index contributed by atoms with van der Waals surface area (Å²) in [5.74, 6) is 0. The average molecular weight is 682 g/mol. The van der Waals surface area contributed by atoms with Crippen LogP contribution < -0.4 is 0 Å². The van der Waals surface area contributed by atoms with Crippen molar-refractivity contribution in [2.45, 2.75) is 67.7 Å². The molecule has 0 fully saturated rings. The highest BCUT2D eigenvalue weighted by atomic mass is 14.7. The molecular weight excluding hydrogens is 631 g/mol. The Morgan fingerprint density at radius 1 is 0.365 bits per heavy atom. The Labute approximate surface area is 309 Å². The number of hydrogen-bond acceptors (Lipinski definition) is 3. The molecule has 3 aromatic heterocycles. The largest absolute Gasteiger partial charge is 0.256 e. The number of aromatic nitrogens is 3. The maximum atomic E-state index is 4.52. The van der Waals surface area contributed by atoms with Crippen LogP contribution in [0.2, 0.25) is 0 Å². The van der Waals surface area contributed by atoms with Crippen molar-refractivity contribution in [3.8, 4) is 0 Å². The van der Waals surface area contributed by atoms with E-state index in [2.05, 4.69) is 159 Å². The lowest BCUT2D eigenvalue weighted by atomic mass is 10.00. The molecule has 0 amide bonds. The second-order valence-corrected chi connectivity index (χ2v) is 12.5. The Morgan fingerprint density at radius 3 is 1.06 bits per heavy atom. The summed E-state index contributed by atoms with van der Waals surface area (Å²) < 4.78 is 0. The van der Waals surface area contributed by atoms with Crippen molar-refractivity contribution in [3.05, 3.63) is 163 Å². The Bertz CT molecular complexity index is 2410. The molecule has 3 heterocycles. The monoisotopic (exact) mass is 681 g/mol. The van der Waals surface area contributed by atoms with E-state index in [1.807, 2.05) is 50.6 Å². The first-order valence-corrected chi connectivity index (χ1v) is 18.8. The normalized spacial score (nSPS) is 10.4. The van der Waals surface area contributed by atoms with Crippen LogP contribution in [0.25, 0.3) is 65.0 Å². The molecule has 0 N–H and O–H groups in total. The van der Waals surface area contributed by atoms with Gasteiger partial charge in [-0.05, 0) is 70.8 Å². The van der Waals surface area contributed by atoms with E-state index in [-0.39, 0.29) is 0 Å². The number of rotatable bonds is 2. The van der Waals surface area contributed by atoms with Crippen LogP contribution in [-0.4, -0.2) is 15.0 Å². The molecular formula is C49H51N3. The maximum Gasteiger partial charge on any atom is 0.0783 e. The van der Waals surface area contributed by atoms with E-state index in [1.54, 1.807) is 0 Å². The van der Waals surface area contributed by atoms with Gasteiger partial charge in [0, 0.05) is 50.9 Å². The predicted octanol–water partition coefficient (Wildman–Crippen LogP) is 14.0. The summed E-state index contributed by atoms with van der Waals surface area (Å²) in [6.07, 6.45) is 8.94. The molecule has 9 aromatic rings. The lowest BCUT2D eigenvalue weighted by Gasteiger charge is -2.07. The summed E-state index contributed by atoms with van der Waals surface area (Å²) in [6, 6.07) is 44.5. The number of pyridine rings is 3. The highest BCUT2D eigenvalue weighted by molar-refractivity contribution is 6.08. The van der Waals surface area contributed by atoms with Gasteiger partial charge in [-0.2, -0.15) is 0 Å². The predicted molar refractivity (Wildman–Crippen MR) is 229 cm³/mol. The number of nitrogens with zero attached hydrogens (tertiary/aromatic N) is 3. The zero-order chi connectivity index (χ0) is 36.9. The Hall–Kier alpha value is -5.67. The standard InChI is InChI=1S/2C15H13N.C14H11N.C3H8.C2H6/c2*1-2-11-5-3-6-12-8-9-13-7-4-10-16-15(13)14(11)12;1-10-4-2-5-11-7-8-12-6-3-9-15-14(12)13(10)11;1-3-2;1-2/h2*3-10H,2H2,1H3;2-9H,1H3;3H2,1-2H3;1-2H3. The molecule has 0 saturated heterocycles. The van der Waals surface area contributed by atoms with E-state index in [9.17, 15) is 0 Å². The van der Waals surface area contributed by atoms with Crippen molar-refractivity contribution in [2.75, 3.05) is 0 Å². The fourth-order valence-electron chi connectivity index (χ4n) is 6.66. The topological polar surface area (TPSA) is 38.7 Å². The van der Waals surface area contributed by atoms with Gasteiger partial charge < -0.3 is 0 Å². The van der Waals surface area contributed by atoms with Crippen LogP contribution >= 0.6 is 0 Å². The van der Waals surface area contributed by atoms with E-state index >= 15 is 0 Å². The minimum Gasteiger partial charge on any atom is -0.256 e. The second kappa shape index (κ2) is 18.5. The summed E-state index contributed by atoms with van der Waals surface area (Å²) in [7, 11) is 0. The Balaban J connectivity index is 0.000000142. The van der Waals surface area contributed by atoms with Crippen LogP contribution in [-0.2, 0) is 12.8 Å². The smallest absolute Gasteiger partial charge is 0.0783 e. The van der Waals surface area contributed by atoms with Crippen LogP contribution in [0.1, 0.15) is 64.7 Å². The van der Waals surface area contributed by atoms with Crippen LogP contribution in [0.4, 0.5) is 0 Å². The van der Waals surface area contributed by atoms with Crippen molar-refractivity contribution < 1.29 is 0 Å². The molecule has 9 rings (SSSR count). The van der Waals surface area contributed by atoms with E-state index in [1.165, 1.54) is 71.6 Å². The molecule has 0 aliphatic rings. The quantitative estimate of drug-likeness (QED) is 0.170. The van der Waals surface area contributed by atoms with Gasteiger partial charge in [-0.25, -0.2) is 0 Å². The van der Waals surface area contributed by atoms with E-state index < -0.39 is 0 Å². The van der Waals surface area contributed by atoms with Crippen molar-refractivity contribution in [1.82, 2.24) is 15.0 Å². The van der Waals surface area contributed by atoms with Gasteiger partial charge in [-0.3, -0.25) is 15.0 Å². The van der Waals surface area contributed by atoms with Gasteiger partial charge in [0.2, 0.25) is 0 Å². The lowest BCUT2D eigenvalue weighted by molar-refractivity contribution is 1.09. The molecule has 3 heteroatoms. The van der Waals surface area contributed by atoms with Gasteiger partial charge in [-0.1, -0.05) is 157 Å². The first kappa shape index (κ1) is 37.6. The minimum atomic E-state index is 1.05. The molecule has 0 radical (unpaired) electrons. The first-order valence-electron chi connectivity index (χ1n) is 18.8. The molecule has 0 aliphatic heterocycles. The van der Waals surface area contributed by atoms with Gasteiger partial charge in [0.25, 0.3) is 0 Å². The summed E-state index contributed by atoms with van der Waals surface area (Å²) in [6.45, 7) is 14.8. The van der Waals surface area contributed by atoms with Crippen molar-refractivity contribution in [1.29, 1.82) is 0 Å². The Kier molecular flexibility index (Phi) is 13.4. The van der Waals surface area contributed by atoms with Gasteiger partial charge >= 0.3 is 0 Å². The van der Waals surface area contributed by atoms with E-state index in [4.69, 9.17) is 0 Å². The van der Waals surface area contributed by atoms with Gasteiger partial charge in [0.1, 0.15) is 0 Å². The molecule has 0 bridgehead atoms. The van der Waals surface area contributed by atoms with Crippen LogP contribution in [0.15, 0.2) is 146 Å². The summed E-state index contributed by atoms with van der Waals surface area (Å²) in [5.41, 5.74) is 7.39. The van der Waals surface area contributed by atoms with Gasteiger partial charge in [0.05, 0.1) is 16.6 Å². The lowest BCUT2D eigenvalue weighted by Crippen LogP contribution is -1.87. The van der Waals surface area contributed by atoms with Crippen LogP contribution in [0.5, 0.6) is 0 Å². The van der Waals surface area contributed by atoms with Gasteiger partial charge in [0.15, 0.2) is 0 Å². The van der Waals surface area contributed by atoms with Crippen LogP contribution in [0, 0.1) is 6.92 Å². The fourth-order valence-corrected chi connectivity index (χ4v) is 6.66. The zero-order valence-corrected chi connectivity index (χ0v) is 31.8. The average Bonchev–Trinajstić information content (AvgIpc) is 3.21. The molecule has 0 saturated carbocycles. The van der Waals surface area contributed by atoms with Gasteiger partial charge in [-0.15, -0.1) is 0 Å². The molecule has 0 aliphatic carbocycles. The zero-order valence-electron chi connectivity index (χ0n) is 31.8. The third-order valence-corrected chi connectivity index (χ3v) is 8.99. The minimum absolute atomic E-state index is 1.05. The van der Waals surface area contributed by atoms with Crippen molar-refractivity contribution in [2.24, 2.45) is 0 Å². The number of fused-ring (bicyclic) bond motifs is 9. The molecule has 0 unspecified atom stereocenters. The van der Waals surface area contributed by atoms with E-state index in [0.29, 0.717) is 0 Å². The van der Waals surface area contributed by atoms with E-state index in [0.717, 1.165) is 29.4 Å². The third-order valence-electron chi connectivity index (χ3n) is 8.99. The SMILES string of the molecule is CC.CCC.CCc1cccc2ccc3cccnc3c12.CCc1cccc2ccc3cccnc3c12.Cc1cccc2ccc3cccnc3c12. The van der Waals surface area contributed by atoms with Crippen LogP contribution in [0.3, 0.4) is 0 Å². The second-order valence-electron chi connectivity index (χ2n) is 12.5. The number of hydrogen-bond donors (Lipinski definition) is 0. The molecule has 3 nitrogen and oxygen atoms in total. The first-order chi connectivity index (χ1) is 25.6. The summed E-state index contributed by atoms with van der Waals surface area (Å²) in [4.78, 5) is 13.5. The van der Waals surface area contributed by atoms with Crippen molar-refractivity contribution >= 4 is 65.0 Å². The molecule has 52 heavy (non-hydrogen) atoms. The molecule has 6 aromatic carbocycles. The summed E-state index contributed by atoms with van der Waals surface area (Å²) in [5, 5.41) is 11.4. The molecule has 262 valence electrons. The molecule has 0 atom stereocenters. The molecule has 0 spiro atoms. The fraction of sp³-hybridized carbons (Fsp3) is 0.204. The maximum absolute atomic E-state index is 4.52. The number of aryl methyl sites for hydroxylation is 3. The van der Waals surface area contributed by atoms with Crippen molar-refractivity contribution in [3.63, 3.8) is 0 Å². The highest BCUT2D eigenvalue weighted by Gasteiger charge is 2.06. The highest BCUT2D eigenvalue weighted by Crippen LogP contribution is 2.29.